The van der Waals surface area contributed by atoms with Crippen molar-refractivity contribution in [2.75, 3.05) is 21.0 Å². The number of hydrogen-bond acceptors (Lipinski definition) is 6. The molecule has 0 aromatic rings. The summed E-state index contributed by atoms with van der Waals surface area (Å²) in [6.07, 6.45) is 4.59. The Morgan fingerprint density at radius 1 is 1.22 bits per heavy atom. The second-order valence-corrected chi connectivity index (χ2v) is 7.76. The predicted molar refractivity (Wildman–Crippen MR) is 102 cm³/mol. The number of hydrogen-bond donors (Lipinski definition) is 2. The quantitative estimate of drug-likeness (QED) is 0.440. The van der Waals surface area contributed by atoms with Crippen molar-refractivity contribution in [3.63, 3.8) is 0 Å². The van der Waals surface area contributed by atoms with Crippen molar-refractivity contribution >= 4 is 5.97 Å². The Morgan fingerprint density at radius 3 is 2.52 bits per heavy atom. The Bertz CT molecular complexity index is 404. The highest BCUT2D eigenvalue weighted by Crippen LogP contribution is 2.29. The summed E-state index contributed by atoms with van der Waals surface area (Å²) >= 11 is 0. The highest BCUT2D eigenvalue weighted by atomic mass is 16.7. The summed E-state index contributed by atoms with van der Waals surface area (Å²) in [5.41, 5.74) is 0. The number of aliphatic hydroxyl groups is 1. The van der Waals surface area contributed by atoms with E-state index in [0.29, 0.717) is 18.8 Å². The van der Waals surface area contributed by atoms with Crippen LogP contribution in [0.15, 0.2) is 0 Å². The second-order valence-electron chi connectivity index (χ2n) is 7.76. The summed E-state index contributed by atoms with van der Waals surface area (Å²) in [6, 6.07) is 0. The Labute approximate surface area is 163 Å². The van der Waals surface area contributed by atoms with Crippen molar-refractivity contribution in [2.45, 2.75) is 95.7 Å². The third kappa shape index (κ3) is 10.4. The highest BCUT2D eigenvalue weighted by molar-refractivity contribution is 5.67. The van der Waals surface area contributed by atoms with Gasteiger partial charge in [-0.25, -0.2) is 0 Å². The molecule has 0 bridgehead atoms. The minimum Gasteiger partial charge on any atom is -0.481 e. The lowest BCUT2D eigenvalue weighted by Crippen LogP contribution is -2.39. The van der Waals surface area contributed by atoms with Crippen LogP contribution < -0.4 is 0 Å². The molecule has 1 saturated heterocycles. The summed E-state index contributed by atoms with van der Waals surface area (Å²) in [5.74, 6) is -0.524. The van der Waals surface area contributed by atoms with Gasteiger partial charge < -0.3 is 29.2 Å². The zero-order valence-corrected chi connectivity index (χ0v) is 17.3. The lowest BCUT2D eigenvalue weighted by molar-refractivity contribution is -0.162. The maximum absolute atomic E-state index is 11.1. The van der Waals surface area contributed by atoms with Gasteiger partial charge in [-0.15, -0.1) is 0 Å². The SMILES string of the molecule is CCC[C@@H](O)C[C@@H](C[C@@H](C)C[C@H]1C[C@H](OCOC)C[C@@H](CC(=O)O)O1)OC. The molecule has 160 valence electrons. The van der Waals surface area contributed by atoms with Gasteiger partial charge in [0.2, 0.25) is 0 Å². The van der Waals surface area contributed by atoms with E-state index in [1.54, 1.807) is 14.2 Å². The van der Waals surface area contributed by atoms with Crippen molar-refractivity contribution in [1.82, 2.24) is 0 Å². The van der Waals surface area contributed by atoms with E-state index < -0.39 is 5.97 Å². The largest absolute Gasteiger partial charge is 0.481 e. The maximum Gasteiger partial charge on any atom is 0.305 e. The molecule has 6 atom stereocenters. The molecule has 0 aliphatic carbocycles. The van der Waals surface area contributed by atoms with E-state index in [2.05, 4.69) is 13.8 Å². The molecule has 0 unspecified atom stereocenters. The fraction of sp³-hybridized carbons (Fsp3) is 0.950. The Hall–Kier alpha value is -0.730. The van der Waals surface area contributed by atoms with Crippen molar-refractivity contribution in [3.8, 4) is 0 Å². The maximum atomic E-state index is 11.1. The van der Waals surface area contributed by atoms with E-state index in [0.717, 1.165) is 32.1 Å². The molecule has 1 fully saturated rings. The van der Waals surface area contributed by atoms with Crippen molar-refractivity contribution in [1.29, 1.82) is 0 Å². The minimum atomic E-state index is -0.858. The smallest absolute Gasteiger partial charge is 0.305 e. The monoisotopic (exact) mass is 390 g/mol. The average Bonchev–Trinajstić information content (AvgIpc) is 2.58. The van der Waals surface area contributed by atoms with Crippen molar-refractivity contribution in [3.05, 3.63) is 0 Å². The van der Waals surface area contributed by atoms with E-state index in [4.69, 9.17) is 24.1 Å². The van der Waals surface area contributed by atoms with E-state index in [1.165, 1.54) is 0 Å². The van der Waals surface area contributed by atoms with Crippen LogP contribution in [0.5, 0.6) is 0 Å². The van der Waals surface area contributed by atoms with Crippen LogP contribution in [0.3, 0.4) is 0 Å². The molecule has 27 heavy (non-hydrogen) atoms. The first kappa shape index (κ1) is 24.3. The first-order chi connectivity index (χ1) is 12.9. The third-order valence-electron chi connectivity index (χ3n) is 5.08. The molecule has 0 aromatic carbocycles. The lowest BCUT2D eigenvalue weighted by Gasteiger charge is -2.36. The number of ether oxygens (including phenoxy) is 4. The molecule has 7 nitrogen and oxygen atoms in total. The molecule has 0 saturated carbocycles. The van der Waals surface area contributed by atoms with Crippen LogP contribution in [0.2, 0.25) is 0 Å². The molecule has 1 heterocycles. The number of rotatable bonds is 14. The molecule has 1 aliphatic rings. The Balaban J connectivity index is 2.54. The first-order valence-electron chi connectivity index (χ1n) is 10.1. The number of carbonyl (C=O) groups is 1. The molecule has 0 spiro atoms. The predicted octanol–water partition coefficient (Wildman–Crippen LogP) is 2.98. The van der Waals surface area contributed by atoms with Gasteiger partial charge in [0.25, 0.3) is 0 Å². The van der Waals surface area contributed by atoms with Gasteiger partial charge in [0.05, 0.1) is 36.9 Å². The van der Waals surface area contributed by atoms with Gasteiger partial charge in [0.15, 0.2) is 0 Å². The number of aliphatic carboxylic acids is 1. The van der Waals surface area contributed by atoms with Crippen molar-refractivity contribution in [2.24, 2.45) is 5.92 Å². The van der Waals surface area contributed by atoms with Crippen LogP contribution in [0, 0.1) is 5.92 Å². The standard InChI is InChI=1S/C20H38O7/c1-5-6-15(21)9-16(25-4)7-14(2)8-18-10-17(26-13-24-3)11-19(27-18)12-20(22)23/h14-19,21H,5-13H2,1-4H3,(H,22,23)/t14-,15-,16-,17+,18+,19+/m1/s1. The molecule has 0 radical (unpaired) electrons. The average molecular weight is 391 g/mol. The Kier molecular flexibility index (Phi) is 12.1. The van der Waals surface area contributed by atoms with E-state index >= 15 is 0 Å². The highest BCUT2D eigenvalue weighted by Gasteiger charge is 2.32. The van der Waals surface area contributed by atoms with Crippen LogP contribution >= 0.6 is 0 Å². The van der Waals surface area contributed by atoms with Crippen LogP contribution in [0.25, 0.3) is 0 Å². The van der Waals surface area contributed by atoms with Gasteiger partial charge in [0.1, 0.15) is 6.79 Å². The van der Waals surface area contributed by atoms with Gasteiger partial charge in [-0.05, 0) is 38.0 Å². The molecule has 7 heteroatoms. The summed E-state index contributed by atoms with van der Waals surface area (Å²) in [5, 5.41) is 19.1. The zero-order chi connectivity index (χ0) is 20.2. The van der Waals surface area contributed by atoms with Gasteiger partial charge in [-0.1, -0.05) is 20.3 Å². The lowest BCUT2D eigenvalue weighted by atomic mass is 9.89. The summed E-state index contributed by atoms with van der Waals surface area (Å²) in [4.78, 5) is 11.1. The van der Waals surface area contributed by atoms with Crippen molar-refractivity contribution < 1.29 is 34.0 Å². The van der Waals surface area contributed by atoms with E-state index in [-0.39, 0.29) is 43.7 Å². The summed E-state index contributed by atoms with van der Waals surface area (Å²) < 4.78 is 22.2. The van der Waals surface area contributed by atoms with E-state index in [1.807, 2.05) is 0 Å². The molecule has 2 N–H and O–H groups in total. The summed E-state index contributed by atoms with van der Waals surface area (Å²) in [6.45, 7) is 4.41. The normalized spacial score (nSPS) is 26.5. The van der Waals surface area contributed by atoms with Gasteiger partial charge in [-0.3, -0.25) is 4.79 Å². The number of carboxylic acids is 1. The number of methoxy groups -OCH3 is 2. The van der Waals surface area contributed by atoms with Crippen LogP contribution in [-0.2, 0) is 23.7 Å². The van der Waals surface area contributed by atoms with Crippen LogP contribution in [0.4, 0.5) is 0 Å². The molecule has 1 aliphatic heterocycles. The minimum absolute atomic E-state index is 0.0123. The third-order valence-corrected chi connectivity index (χ3v) is 5.08. The van der Waals surface area contributed by atoms with Gasteiger partial charge in [0, 0.05) is 20.6 Å². The summed E-state index contributed by atoms with van der Waals surface area (Å²) in [7, 11) is 3.26. The molecular formula is C20H38O7. The number of carboxylic acid groups (broad SMARTS) is 1. The number of aliphatic hydroxyl groups excluding tert-OH is 1. The Morgan fingerprint density at radius 2 is 1.93 bits per heavy atom. The van der Waals surface area contributed by atoms with Crippen LogP contribution in [-0.4, -0.2) is 67.7 Å². The first-order valence-corrected chi connectivity index (χ1v) is 10.1. The second kappa shape index (κ2) is 13.4. The molecule has 1 rings (SSSR count). The van der Waals surface area contributed by atoms with Gasteiger partial charge in [-0.2, -0.15) is 0 Å². The molecule has 0 aromatic heterocycles. The molecular weight excluding hydrogens is 352 g/mol. The fourth-order valence-corrected chi connectivity index (χ4v) is 3.88. The van der Waals surface area contributed by atoms with Gasteiger partial charge >= 0.3 is 5.97 Å². The molecule has 0 amide bonds. The van der Waals surface area contributed by atoms with Crippen LogP contribution in [0.1, 0.15) is 65.2 Å². The van der Waals surface area contributed by atoms with E-state index in [9.17, 15) is 9.90 Å². The fourth-order valence-electron chi connectivity index (χ4n) is 3.88. The topological polar surface area (TPSA) is 94.5 Å². The zero-order valence-electron chi connectivity index (χ0n) is 17.3.